The molecular weight excluding hydrogens is 272 g/mol. The molecule has 4 saturated carbocycles. The number of hydrogen-bond acceptors (Lipinski definition) is 2. The highest BCUT2D eigenvalue weighted by Crippen LogP contribution is 2.65. The number of aliphatic hydroxyl groups excluding tert-OH is 1. The lowest BCUT2D eigenvalue weighted by atomic mass is 9.45. The maximum absolute atomic E-state index is 12.5. The Labute approximate surface area is 135 Å². The number of carbonyl (C=O) groups is 1. The average molecular weight is 304 g/mol. The van der Waals surface area contributed by atoms with Gasteiger partial charge in [0.2, 0.25) is 0 Å². The van der Waals surface area contributed by atoms with Crippen molar-refractivity contribution in [3.8, 4) is 0 Å². The van der Waals surface area contributed by atoms with Gasteiger partial charge in [0.25, 0.3) is 0 Å². The zero-order chi connectivity index (χ0) is 15.7. The van der Waals surface area contributed by atoms with Crippen LogP contribution in [0, 0.1) is 40.4 Å². The lowest BCUT2D eigenvalue weighted by molar-refractivity contribution is -0.142. The molecule has 2 heteroatoms. The monoisotopic (exact) mass is 304 g/mol. The molecule has 0 radical (unpaired) electrons. The molecule has 1 unspecified atom stereocenters. The van der Waals surface area contributed by atoms with Gasteiger partial charge in [0.05, 0.1) is 0 Å². The lowest BCUT2D eigenvalue weighted by Gasteiger charge is -2.60. The molecule has 0 spiro atoms. The smallest absolute Gasteiger partial charge is 0.167 e. The molecule has 124 valence electrons. The van der Waals surface area contributed by atoms with Crippen molar-refractivity contribution < 1.29 is 9.90 Å². The molecule has 4 fully saturated rings. The average Bonchev–Trinajstić information content (AvgIpc) is 2.72. The Morgan fingerprint density at radius 1 is 1.00 bits per heavy atom. The van der Waals surface area contributed by atoms with E-state index >= 15 is 0 Å². The predicted octanol–water partition coefficient (Wildman–Crippen LogP) is 4.21. The van der Waals surface area contributed by atoms with Crippen LogP contribution in [0.4, 0.5) is 0 Å². The summed E-state index contributed by atoms with van der Waals surface area (Å²) in [7, 11) is 0. The predicted molar refractivity (Wildman–Crippen MR) is 87.3 cm³/mol. The summed E-state index contributed by atoms with van der Waals surface area (Å²) in [4.78, 5) is 12.5. The number of carbonyl (C=O) groups excluding carboxylic acids is 1. The minimum Gasteiger partial charge on any atom is -0.385 e. The van der Waals surface area contributed by atoms with E-state index in [1.165, 1.54) is 38.5 Å². The Morgan fingerprint density at radius 2 is 1.77 bits per heavy atom. The van der Waals surface area contributed by atoms with Gasteiger partial charge in [-0.15, -0.1) is 0 Å². The summed E-state index contributed by atoms with van der Waals surface area (Å²) in [5.74, 6) is 3.90. The van der Waals surface area contributed by atoms with Crippen LogP contribution >= 0.6 is 0 Å². The summed E-state index contributed by atoms with van der Waals surface area (Å²) >= 11 is 0. The minimum atomic E-state index is -0.675. The quantitative estimate of drug-likeness (QED) is 0.728. The van der Waals surface area contributed by atoms with Crippen molar-refractivity contribution in [3.63, 3.8) is 0 Å². The molecule has 0 amide bonds. The van der Waals surface area contributed by atoms with Crippen LogP contribution in [0.2, 0.25) is 0 Å². The minimum absolute atomic E-state index is 0.153. The highest BCUT2D eigenvalue weighted by Gasteiger charge is 2.61. The summed E-state index contributed by atoms with van der Waals surface area (Å²) in [5, 5.41) is 10.2. The van der Waals surface area contributed by atoms with Crippen LogP contribution in [0.25, 0.3) is 0 Å². The topological polar surface area (TPSA) is 37.3 Å². The third-order valence-corrected chi connectivity index (χ3v) is 8.66. The van der Waals surface area contributed by atoms with Crippen LogP contribution in [0.3, 0.4) is 0 Å². The second-order valence-corrected chi connectivity index (χ2v) is 9.61. The van der Waals surface area contributed by atoms with E-state index in [0.29, 0.717) is 17.3 Å². The first-order valence-electron chi connectivity index (χ1n) is 9.58. The molecule has 0 aromatic carbocycles. The first-order chi connectivity index (χ1) is 10.4. The number of Topliss-reactive ketones (excluding diaryl/α,β-unsaturated/α-hetero) is 1. The largest absolute Gasteiger partial charge is 0.385 e. The highest BCUT2D eigenvalue weighted by molar-refractivity contribution is 5.91. The van der Waals surface area contributed by atoms with E-state index < -0.39 is 6.10 Å². The molecule has 0 saturated heterocycles. The standard InChI is InChI=1S/C20H32O2/c1-12-6-8-19(2)13(10-12)4-5-14-15(19)7-9-20(3)16(14)11-17(21)18(20)22/h12-17,21H,4-11H2,1-3H3/t12-,13-,14+,15-,16-,17?,19-,20-/m0/s1. The number of hydrogen-bond donors (Lipinski definition) is 1. The summed E-state index contributed by atoms with van der Waals surface area (Å²) in [5.41, 5.74) is 0.291. The number of fused-ring (bicyclic) bond motifs is 5. The molecule has 4 rings (SSSR count). The number of aliphatic hydroxyl groups is 1. The SMILES string of the molecule is C[C@H]1CC[C@@]2(C)[C@@H](CC[C@@H]3[C@@H]2CC[C@]2(C)C(=O)C(O)C[C@@H]32)C1. The van der Waals surface area contributed by atoms with Gasteiger partial charge in [-0.1, -0.05) is 27.2 Å². The first-order valence-corrected chi connectivity index (χ1v) is 9.58. The second-order valence-electron chi connectivity index (χ2n) is 9.61. The molecule has 0 bridgehead atoms. The van der Waals surface area contributed by atoms with Crippen molar-refractivity contribution in [3.05, 3.63) is 0 Å². The van der Waals surface area contributed by atoms with E-state index in [4.69, 9.17) is 0 Å². The van der Waals surface area contributed by atoms with Gasteiger partial charge < -0.3 is 5.11 Å². The summed E-state index contributed by atoms with van der Waals surface area (Å²) in [6.07, 6.45) is 9.17. The fraction of sp³-hybridized carbons (Fsp3) is 0.950. The summed E-state index contributed by atoms with van der Waals surface area (Å²) < 4.78 is 0. The van der Waals surface area contributed by atoms with Gasteiger partial charge in [0, 0.05) is 5.41 Å². The first kappa shape index (κ1) is 15.2. The maximum atomic E-state index is 12.5. The van der Waals surface area contributed by atoms with Gasteiger partial charge in [0.15, 0.2) is 5.78 Å². The van der Waals surface area contributed by atoms with Gasteiger partial charge in [-0.3, -0.25) is 4.79 Å². The number of ketones is 1. The molecule has 0 aliphatic heterocycles. The fourth-order valence-corrected chi connectivity index (χ4v) is 7.26. The highest BCUT2D eigenvalue weighted by atomic mass is 16.3. The van der Waals surface area contributed by atoms with Crippen molar-refractivity contribution in [2.45, 2.75) is 78.2 Å². The number of rotatable bonds is 0. The van der Waals surface area contributed by atoms with Crippen molar-refractivity contribution in [1.82, 2.24) is 0 Å². The van der Waals surface area contributed by atoms with Crippen LogP contribution in [-0.2, 0) is 4.79 Å². The van der Waals surface area contributed by atoms with E-state index in [-0.39, 0.29) is 11.2 Å². The molecule has 1 N–H and O–H groups in total. The van der Waals surface area contributed by atoms with Crippen LogP contribution in [-0.4, -0.2) is 17.0 Å². The Bertz CT molecular complexity index is 486. The normalized spacial score (nSPS) is 57.9. The third kappa shape index (κ3) is 1.85. The van der Waals surface area contributed by atoms with Gasteiger partial charge in [-0.25, -0.2) is 0 Å². The van der Waals surface area contributed by atoms with Crippen molar-refractivity contribution in [2.24, 2.45) is 40.4 Å². The van der Waals surface area contributed by atoms with E-state index in [1.54, 1.807) is 0 Å². The van der Waals surface area contributed by atoms with Crippen molar-refractivity contribution in [2.75, 3.05) is 0 Å². The van der Waals surface area contributed by atoms with E-state index in [0.717, 1.165) is 30.6 Å². The van der Waals surface area contributed by atoms with Gasteiger partial charge in [-0.2, -0.15) is 0 Å². The van der Waals surface area contributed by atoms with Crippen molar-refractivity contribution >= 4 is 5.78 Å². The summed E-state index contributed by atoms with van der Waals surface area (Å²) in [6.45, 7) is 7.15. The molecule has 8 atom stereocenters. The molecule has 4 aliphatic rings. The molecule has 0 aromatic rings. The van der Waals surface area contributed by atoms with Gasteiger partial charge >= 0.3 is 0 Å². The van der Waals surface area contributed by atoms with Crippen molar-refractivity contribution in [1.29, 1.82) is 0 Å². The fourth-order valence-electron chi connectivity index (χ4n) is 7.26. The zero-order valence-electron chi connectivity index (χ0n) is 14.5. The molecule has 0 aromatic heterocycles. The molecule has 4 aliphatic carbocycles. The zero-order valence-corrected chi connectivity index (χ0v) is 14.5. The van der Waals surface area contributed by atoms with Crippen LogP contribution < -0.4 is 0 Å². The Balaban J connectivity index is 1.64. The molecule has 2 nitrogen and oxygen atoms in total. The van der Waals surface area contributed by atoms with Gasteiger partial charge in [-0.05, 0) is 80.0 Å². The third-order valence-electron chi connectivity index (χ3n) is 8.66. The second kappa shape index (κ2) is 4.82. The van der Waals surface area contributed by atoms with E-state index in [9.17, 15) is 9.90 Å². The maximum Gasteiger partial charge on any atom is 0.167 e. The van der Waals surface area contributed by atoms with Gasteiger partial charge in [0.1, 0.15) is 6.10 Å². The van der Waals surface area contributed by atoms with E-state index in [2.05, 4.69) is 20.8 Å². The van der Waals surface area contributed by atoms with Crippen LogP contribution in [0.1, 0.15) is 72.1 Å². The Hall–Kier alpha value is -0.370. The van der Waals surface area contributed by atoms with E-state index in [1.807, 2.05) is 0 Å². The molecule has 22 heavy (non-hydrogen) atoms. The van der Waals surface area contributed by atoms with Crippen LogP contribution in [0.5, 0.6) is 0 Å². The Kier molecular flexibility index (Phi) is 3.32. The lowest BCUT2D eigenvalue weighted by Crippen LogP contribution is -2.53. The Morgan fingerprint density at radius 3 is 2.55 bits per heavy atom. The summed E-state index contributed by atoms with van der Waals surface area (Å²) in [6, 6.07) is 0. The molecular formula is C20H32O2. The molecule has 0 heterocycles. The van der Waals surface area contributed by atoms with Crippen LogP contribution in [0.15, 0.2) is 0 Å².